The van der Waals surface area contributed by atoms with Crippen molar-refractivity contribution in [1.82, 2.24) is 10.6 Å². The van der Waals surface area contributed by atoms with E-state index >= 15 is 0 Å². The van der Waals surface area contributed by atoms with Crippen LogP contribution in [0.2, 0.25) is 0 Å². The molecule has 148 valence electrons. The Morgan fingerprint density at radius 3 is 2.21 bits per heavy atom. The van der Waals surface area contributed by atoms with E-state index in [1.165, 1.54) is 0 Å². The summed E-state index contributed by atoms with van der Waals surface area (Å²) in [5.41, 5.74) is 0.761. The van der Waals surface area contributed by atoms with Crippen molar-refractivity contribution in [3.63, 3.8) is 0 Å². The predicted octanol–water partition coefficient (Wildman–Crippen LogP) is 2.16. The number of hydrogen-bond acceptors (Lipinski definition) is 3. The molecule has 6 nitrogen and oxygen atoms in total. The van der Waals surface area contributed by atoms with Gasteiger partial charge in [0.15, 0.2) is 0 Å². The quantitative estimate of drug-likeness (QED) is 0.647. The summed E-state index contributed by atoms with van der Waals surface area (Å²) in [4.78, 5) is 36.1. The van der Waals surface area contributed by atoms with Crippen molar-refractivity contribution in [3.8, 4) is 0 Å². The van der Waals surface area contributed by atoms with E-state index in [4.69, 9.17) is 0 Å². The van der Waals surface area contributed by atoms with Gasteiger partial charge in [0.2, 0.25) is 17.7 Å². The summed E-state index contributed by atoms with van der Waals surface area (Å²) in [6, 6.07) is 10.7. The Kier molecular flexibility index (Phi) is 7.62. The Morgan fingerprint density at radius 2 is 1.61 bits per heavy atom. The van der Waals surface area contributed by atoms with Crippen LogP contribution in [0.1, 0.15) is 18.9 Å². The van der Waals surface area contributed by atoms with Crippen molar-refractivity contribution in [3.05, 3.63) is 65.7 Å². The molecule has 0 heterocycles. The van der Waals surface area contributed by atoms with E-state index in [0.717, 1.165) is 12.1 Å². The standard InChI is InChI=1S/C20H21F2N3O3/c1-2-17(25-18(26)10-13-8-14(21)11-15(22)9-13)20(28)23-12-19(27)24-16-6-4-3-5-7-16/h3-9,11,17H,2,10,12H2,1H3,(H,23,28)(H,24,27)(H,25,26). The highest BCUT2D eigenvalue weighted by molar-refractivity contribution is 5.96. The Labute approximate surface area is 161 Å². The first kappa shape index (κ1) is 21.0. The molecular weight excluding hydrogens is 368 g/mol. The molecule has 0 spiro atoms. The van der Waals surface area contributed by atoms with E-state index < -0.39 is 35.4 Å². The molecule has 8 heteroatoms. The van der Waals surface area contributed by atoms with Gasteiger partial charge in [-0.25, -0.2) is 8.78 Å². The third kappa shape index (κ3) is 6.79. The molecule has 3 N–H and O–H groups in total. The maximum atomic E-state index is 13.2. The fourth-order valence-corrected chi connectivity index (χ4v) is 2.51. The molecule has 0 fully saturated rings. The molecule has 3 amide bonds. The lowest BCUT2D eigenvalue weighted by Crippen LogP contribution is -2.48. The van der Waals surface area contributed by atoms with E-state index in [1.807, 2.05) is 6.07 Å². The number of hydrogen-bond donors (Lipinski definition) is 3. The summed E-state index contributed by atoms with van der Waals surface area (Å²) in [6.45, 7) is 1.44. The van der Waals surface area contributed by atoms with Gasteiger partial charge in [-0.05, 0) is 36.2 Å². The van der Waals surface area contributed by atoms with E-state index in [9.17, 15) is 23.2 Å². The molecule has 2 aromatic rings. The van der Waals surface area contributed by atoms with Crippen molar-refractivity contribution in [1.29, 1.82) is 0 Å². The first-order valence-corrected chi connectivity index (χ1v) is 8.74. The van der Waals surface area contributed by atoms with Crippen molar-refractivity contribution in [2.24, 2.45) is 0 Å². The van der Waals surface area contributed by atoms with Crippen molar-refractivity contribution < 1.29 is 23.2 Å². The largest absolute Gasteiger partial charge is 0.345 e. The van der Waals surface area contributed by atoms with Crippen molar-refractivity contribution in [2.45, 2.75) is 25.8 Å². The Hall–Kier alpha value is -3.29. The fraction of sp³-hybridized carbons (Fsp3) is 0.250. The van der Waals surface area contributed by atoms with E-state index in [0.29, 0.717) is 11.8 Å². The van der Waals surface area contributed by atoms with E-state index in [2.05, 4.69) is 16.0 Å². The number of carbonyl (C=O) groups excluding carboxylic acids is 3. The van der Waals surface area contributed by atoms with Gasteiger partial charge < -0.3 is 16.0 Å². The summed E-state index contributed by atoms with van der Waals surface area (Å²) in [6.07, 6.45) is 0.0162. The van der Waals surface area contributed by atoms with E-state index in [1.54, 1.807) is 31.2 Å². The minimum Gasteiger partial charge on any atom is -0.345 e. The predicted molar refractivity (Wildman–Crippen MR) is 100 cm³/mol. The van der Waals surface area contributed by atoms with Gasteiger partial charge in [0, 0.05) is 11.8 Å². The highest BCUT2D eigenvalue weighted by Crippen LogP contribution is 2.09. The van der Waals surface area contributed by atoms with Gasteiger partial charge in [-0.15, -0.1) is 0 Å². The summed E-state index contributed by atoms with van der Waals surface area (Å²) in [5.74, 6) is -3.05. The molecule has 0 saturated heterocycles. The zero-order valence-corrected chi connectivity index (χ0v) is 15.3. The number of benzene rings is 2. The normalized spacial score (nSPS) is 11.4. The number of nitrogens with one attached hydrogen (secondary N) is 3. The average molecular weight is 389 g/mol. The minimum absolute atomic E-state index is 0.160. The molecule has 0 aliphatic carbocycles. The lowest BCUT2D eigenvalue weighted by molar-refractivity contribution is -0.129. The molecule has 2 aromatic carbocycles. The molecule has 0 bridgehead atoms. The lowest BCUT2D eigenvalue weighted by Gasteiger charge is -2.17. The minimum atomic E-state index is -0.865. The Balaban J connectivity index is 1.83. The molecular formula is C20H21F2N3O3. The number of anilines is 1. The maximum Gasteiger partial charge on any atom is 0.243 e. The average Bonchev–Trinajstić information content (AvgIpc) is 2.64. The Bertz CT molecular complexity index is 824. The SMILES string of the molecule is CCC(NC(=O)Cc1cc(F)cc(F)c1)C(=O)NCC(=O)Nc1ccccc1. The van der Waals surface area contributed by atoms with Crippen LogP contribution < -0.4 is 16.0 Å². The van der Waals surface area contributed by atoms with Gasteiger partial charge in [-0.2, -0.15) is 0 Å². The highest BCUT2D eigenvalue weighted by atomic mass is 19.1. The van der Waals surface area contributed by atoms with Gasteiger partial charge in [0.05, 0.1) is 13.0 Å². The third-order valence-corrected chi connectivity index (χ3v) is 3.83. The number of rotatable bonds is 8. The van der Waals surface area contributed by atoms with Gasteiger partial charge in [-0.3, -0.25) is 14.4 Å². The molecule has 2 rings (SSSR count). The molecule has 1 atom stereocenters. The smallest absolute Gasteiger partial charge is 0.243 e. The zero-order chi connectivity index (χ0) is 20.5. The second kappa shape index (κ2) is 10.1. The monoisotopic (exact) mass is 389 g/mol. The molecule has 0 aliphatic rings. The number of carbonyl (C=O) groups is 3. The number of para-hydroxylation sites is 1. The maximum absolute atomic E-state index is 13.2. The first-order chi connectivity index (χ1) is 13.4. The van der Waals surface area contributed by atoms with Crippen molar-refractivity contribution >= 4 is 23.4 Å². The molecule has 28 heavy (non-hydrogen) atoms. The second-order valence-electron chi connectivity index (χ2n) is 6.11. The van der Waals surface area contributed by atoms with Gasteiger partial charge >= 0.3 is 0 Å². The van der Waals surface area contributed by atoms with Crippen LogP contribution in [-0.4, -0.2) is 30.3 Å². The summed E-state index contributed by atoms with van der Waals surface area (Å²) in [5, 5.41) is 7.58. The summed E-state index contributed by atoms with van der Waals surface area (Å²) >= 11 is 0. The van der Waals surface area contributed by atoms with Crippen LogP contribution in [-0.2, 0) is 20.8 Å². The van der Waals surface area contributed by atoms with Crippen LogP contribution >= 0.6 is 0 Å². The lowest BCUT2D eigenvalue weighted by atomic mass is 10.1. The zero-order valence-electron chi connectivity index (χ0n) is 15.3. The molecule has 0 saturated carbocycles. The molecule has 0 aliphatic heterocycles. The van der Waals surface area contributed by atoms with E-state index in [-0.39, 0.29) is 24.9 Å². The molecule has 0 radical (unpaired) electrons. The summed E-state index contributed by atoms with van der Waals surface area (Å²) < 4.78 is 26.4. The summed E-state index contributed by atoms with van der Waals surface area (Å²) in [7, 11) is 0. The fourth-order valence-electron chi connectivity index (χ4n) is 2.51. The van der Waals surface area contributed by atoms with Gasteiger partial charge in [0.1, 0.15) is 17.7 Å². The molecule has 0 aromatic heterocycles. The first-order valence-electron chi connectivity index (χ1n) is 8.74. The highest BCUT2D eigenvalue weighted by Gasteiger charge is 2.19. The topological polar surface area (TPSA) is 87.3 Å². The van der Waals surface area contributed by atoms with Crippen LogP contribution in [0, 0.1) is 11.6 Å². The van der Waals surface area contributed by atoms with Crippen LogP contribution in [0.25, 0.3) is 0 Å². The van der Waals surface area contributed by atoms with Crippen LogP contribution in [0.5, 0.6) is 0 Å². The Morgan fingerprint density at radius 1 is 0.964 bits per heavy atom. The number of halogens is 2. The molecule has 1 unspecified atom stereocenters. The third-order valence-electron chi connectivity index (χ3n) is 3.83. The van der Waals surface area contributed by atoms with Crippen LogP contribution in [0.3, 0.4) is 0 Å². The van der Waals surface area contributed by atoms with Crippen LogP contribution in [0.15, 0.2) is 48.5 Å². The second-order valence-corrected chi connectivity index (χ2v) is 6.11. The number of amides is 3. The van der Waals surface area contributed by atoms with Gasteiger partial charge in [-0.1, -0.05) is 25.1 Å². The van der Waals surface area contributed by atoms with Crippen molar-refractivity contribution in [2.75, 3.05) is 11.9 Å². The van der Waals surface area contributed by atoms with Crippen LogP contribution in [0.4, 0.5) is 14.5 Å². The van der Waals surface area contributed by atoms with Gasteiger partial charge in [0.25, 0.3) is 0 Å².